The standard InChI is InChI=1S/C17H14N2O2.ClH/c1-21-17(20)14-10-16(11-6-8-12(18)9-7-11)19-15-5-3-2-4-13(14)15;/h2-10H,18H2,1H3;1H. The van der Waals surface area contributed by atoms with Crippen molar-refractivity contribution in [2.24, 2.45) is 0 Å². The Kier molecular flexibility index (Phi) is 4.63. The number of anilines is 1. The van der Waals surface area contributed by atoms with E-state index in [9.17, 15) is 4.79 Å². The van der Waals surface area contributed by atoms with Crippen molar-refractivity contribution in [1.29, 1.82) is 0 Å². The molecule has 2 N–H and O–H groups in total. The Hall–Kier alpha value is -2.59. The molecule has 1 aromatic heterocycles. The van der Waals surface area contributed by atoms with Crippen molar-refractivity contribution >= 4 is 35.0 Å². The molecule has 3 aromatic rings. The zero-order chi connectivity index (χ0) is 14.8. The van der Waals surface area contributed by atoms with Crippen LogP contribution in [0.5, 0.6) is 0 Å². The molecule has 4 nitrogen and oxygen atoms in total. The number of benzene rings is 2. The first-order valence-electron chi connectivity index (χ1n) is 6.53. The molecule has 0 radical (unpaired) electrons. The number of hydrogen-bond acceptors (Lipinski definition) is 4. The number of nitrogen functional groups attached to an aromatic ring is 1. The van der Waals surface area contributed by atoms with Gasteiger partial charge in [-0.2, -0.15) is 0 Å². The molecule has 5 heteroatoms. The van der Waals surface area contributed by atoms with E-state index >= 15 is 0 Å². The lowest BCUT2D eigenvalue weighted by atomic mass is 10.0. The Bertz CT molecular complexity index is 817. The molecule has 2 aromatic carbocycles. The third kappa shape index (κ3) is 2.87. The molecule has 0 aliphatic heterocycles. The third-order valence-corrected chi connectivity index (χ3v) is 3.33. The highest BCUT2D eigenvalue weighted by atomic mass is 35.5. The van der Waals surface area contributed by atoms with E-state index in [-0.39, 0.29) is 18.4 Å². The molecule has 112 valence electrons. The number of aromatic nitrogens is 1. The van der Waals surface area contributed by atoms with Gasteiger partial charge in [-0.15, -0.1) is 12.4 Å². The van der Waals surface area contributed by atoms with E-state index < -0.39 is 0 Å². The van der Waals surface area contributed by atoms with Crippen molar-refractivity contribution in [3.05, 3.63) is 60.2 Å². The molecule has 0 saturated heterocycles. The van der Waals surface area contributed by atoms with E-state index in [1.165, 1.54) is 7.11 Å². The van der Waals surface area contributed by atoms with Crippen LogP contribution in [0.2, 0.25) is 0 Å². The van der Waals surface area contributed by atoms with Gasteiger partial charge in [0.2, 0.25) is 0 Å². The van der Waals surface area contributed by atoms with E-state index in [0.29, 0.717) is 16.9 Å². The van der Waals surface area contributed by atoms with Crippen LogP contribution in [0.25, 0.3) is 22.2 Å². The highest BCUT2D eigenvalue weighted by Gasteiger charge is 2.13. The first kappa shape index (κ1) is 15.8. The van der Waals surface area contributed by atoms with E-state index in [1.54, 1.807) is 6.07 Å². The summed E-state index contributed by atoms with van der Waals surface area (Å²) in [6.45, 7) is 0. The molecule has 0 fully saturated rings. The van der Waals surface area contributed by atoms with Crippen molar-refractivity contribution in [3.63, 3.8) is 0 Å². The van der Waals surface area contributed by atoms with Crippen LogP contribution in [0, 0.1) is 0 Å². The fourth-order valence-electron chi connectivity index (χ4n) is 2.26. The van der Waals surface area contributed by atoms with Gasteiger partial charge in [-0.3, -0.25) is 0 Å². The first-order chi connectivity index (χ1) is 10.2. The molecule has 0 bridgehead atoms. The SMILES string of the molecule is COC(=O)c1cc(-c2ccc(N)cc2)nc2ccccc12.Cl. The lowest BCUT2D eigenvalue weighted by molar-refractivity contribution is 0.0603. The average Bonchev–Trinajstić information content (AvgIpc) is 2.53. The van der Waals surface area contributed by atoms with E-state index in [4.69, 9.17) is 10.5 Å². The second kappa shape index (κ2) is 6.45. The summed E-state index contributed by atoms with van der Waals surface area (Å²) in [5.41, 5.74) is 9.27. The number of fused-ring (bicyclic) bond motifs is 1. The summed E-state index contributed by atoms with van der Waals surface area (Å²) in [6, 6.07) is 16.6. The molecule has 0 aliphatic carbocycles. The zero-order valence-corrected chi connectivity index (χ0v) is 12.8. The number of pyridine rings is 1. The summed E-state index contributed by atoms with van der Waals surface area (Å²) in [5.74, 6) is -0.370. The Morgan fingerprint density at radius 1 is 1.09 bits per heavy atom. The summed E-state index contributed by atoms with van der Waals surface area (Å²) in [6.07, 6.45) is 0. The second-order valence-corrected chi connectivity index (χ2v) is 4.69. The molecule has 0 unspecified atom stereocenters. The monoisotopic (exact) mass is 314 g/mol. The summed E-state index contributed by atoms with van der Waals surface area (Å²) in [5, 5.41) is 0.781. The normalized spacial score (nSPS) is 10.0. The van der Waals surface area contributed by atoms with Gasteiger partial charge in [0.25, 0.3) is 0 Å². The topological polar surface area (TPSA) is 65.2 Å². The predicted octanol–water partition coefficient (Wildman–Crippen LogP) is 3.69. The Labute approximate surface area is 134 Å². The number of hydrogen-bond donors (Lipinski definition) is 1. The molecule has 3 rings (SSSR count). The van der Waals surface area contributed by atoms with Crippen molar-refractivity contribution in [3.8, 4) is 11.3 Å². The fraction of sp³-hybridized carbons (Fsp3) is 0.0588. The predicted molar refractivity (Wildman–Crippen MR) is 90.2 cm³/mol. The minimum Gasteiger partial charge on any atom is -0.465 e. The molecule has 22 heavy (non-hydrogen) atoms. The molecule has 0 spiro atoms. The van der Waals surface area contributed by atoms with Gasteiger partial charge in [-0.05, 0) is 24.3 Å². The number of nitrogens with two attached hydrogens (primary N) is 1. The Morgan fingerprint density at radius 3 is 2.45 bits per heavy atom. The van der Waals surface area contributed by atoms with E-state index in [1.807, 2.05) is 48.5 Å². The van der Waals surface area contributed by atoms with Gasteiger partial charge in [-0.25, -0.2) is 9.78 Å². The first-order valence-corrected chi connectivity index (χ1v) is 6.53. The molecule has 0 aliphatic rings. The maximum atomic E-state index is 12.0. The smallest absolute Gasteiger partial charge is 0.338 e. The molecular weight excluding hydrogens is 300 g/mol. The average molecular weight is 315 g/mol. The maximum absolute atomic E-state index is 12.0. The van der Waals surface area contributed by atoms with Gasteiger partial charge in [0, 0.05) is 16.6 Å². The summed E-state index contributed by atoms with van der Waals surface area (Å²) in [7, 11) is 1.38. The summed E-state index contributed by atoms with van der Waals surface area (Å²) >= 11 is 0. The van der Waals surface area contributed by atoms with Crippen LogP contribution >= 0.6 is 12.4 Å². The minimum absolute atomic E-state index is 0. The van der Waals surface area contributed by atoms with Gasteiger partial charge in [0.1, 0.15) is 0 Å². The third-order valence-electron chi connectivity index (χ3n) is 3.33. The summed E-state index contributed by atoms with van der Waals surface area (Å²) < 4.78 is 4.87. The van der Waals surface area contributed by atoms with Crippen LogP contribution in [0.15, 0.2) is 54.6 Å². The zero-order valence-electron chi connectivity index (χ0n) is 11.9. The highest BCUT2D eigenvalue weighted by Crippen LogP contribution is 2.25. The van der Waals surface area contributed by atoms with Crippen LogP contribution in [0.3, 0.4) is 0 Å². The van der Waals surface area contributed by atoms with Gasteiger partial charge >= 0.3 is 5.97 Å². The maximum Gasteiger partial charge on any atom is 0.338 e. The van der Waals surface area contributed by atoms with Gasteiger partial charge in [-0.1, -0.05) is 30.3 Å². The number of carbonyl (C=O) groups is 1. The quantitative estimate of drug-likeness (QED) is 0.578. The van der Waals surface area contributed by atoms with Crippen molar-refractivity contribution in [1.82, 2.24) is 4.98 Å². The second-order valence-electron chi connectivity index (χ2n) is 4.69. The molecule has 0 amide bonds. The number of halogens is 1. The van der Waals surface area contributed by atoms with Crippen LogP contribution in [0.4, 0.5) is 5.69 Å². The van der Waals surface area contributed by atoms with Crippen molar-refractivity contribution in [2.75, 3.05) is 12.8 Å². The highest BCUT2D eigenvalue weighted by molar-refractivity contribution is 6.04. The van der Waals surface area contributed by atoms with Gasteiger partial charge in [0.15, 0.2) is 0 Å². The lowest BCUT2D eigenvalue weighted by Crippen LogP contribution is -2.03. The van der Waals surface area contributed by atoms with Gasteiger partial charge < -0.3 is 10.5 Å². The van der Waals surface area contributed by atoms with E-state index in [2.05, 4.69) is 4.98 Å². The number of esters is 1. The van der Waals surface area contributed by atoms with Crippen LogP contribution in [-0.2, 0) is 4.74 Å². The fourth-order valence-corrected chi connectivity index (χ4v) is 2.26. The lowest BCUT2D eigenvalue weighted by Gasteiger charge is -2.08. The van der Waals surface area contributed by atoms with Crippen molar-refractivity contribution in [2.45, 2.75) is 0 Å². The summed E-state index contributed by atoms with van der Waals surface area (Å²) in [4.78, 5) is 16.6. The number of ether oxygens (including phenoxy) is 1. The minimum atomic E-state index is -0.370. The molecule has 0 atom stereocenters. The number of methoxy groups -OCH3 is 1. The molecular formula is C17H15ClN2O2. The van der Waals surface area contributed by atoms with E-state index in [0.717, 1.165) is 16.5 Å². The van der Waals surface area contributed by atoms with Crippen LogP contribution in [0.1, 0.15) is 10.4 Å². The molecule has 0 saturated carbocycles. The number of carbonyl (C=O) groups excluding carboxylic acids is 1. The molecule has 1 heterocycles. The van der Waals surface area contributed by atoms with Crippen molar-refractivity contribution < 1.29 is 9.53 Å². The Morgan fingerprint density at radius 2 is 1.77 bits per heavy atom. The Balaban J connectivity index is 0.00000176. The number of nitrogens with zero attached hydrogens (tertiary/aromatic N) is 1. The number of rotatable bonds is 2. The van der Waals surface area contributed by atoms with Crippen LogP contribution in [-0.4, -0.2) is 18.1 Å². The van der Waals surface area contributed by atoms with Crippen LogP contribution < -0.4 is 5.73 Å². The largest absolute Gasteiger partial charge is 0.465 e. The number of para-hydroxylation sites is 1. The van der Waals surface area contributed by atoms with Gasteiger partial charge in [0.05, 0.1) is 23.9 Å².